The van der Waals surface area contributed by atoms with Crippen LogP contribution in [0.5, 0.6) is 0 Å². The SMILES string of the molecule is Cc1cccc(C)c1-c1cccc(-c2c(C)cccc2C)c1Cc1cc(C(C)(C)C)cc(Cc2c(-c3c(C)cccc3C)cccc2-c2c(C)cccc2C)c1N=O. The van der Waals surface area contributed by atoms with Crippen molar-refractivity contribution in [1.82, 2.24) is 0 Å². The van der Waals surface area contributed by atoms with E-state index in [1.807, 2.05) is 0 Å². The van der Waals surface area contributed by atoms with Crippen molar-refractivity contribution in [1.29, 1.82) is 0 Å². The van der Waals surface area contributed by atoms with Gasteiger partial charge in [0, 0.05) is 12.8 Å². The highest BCUT2D eigenvalue weighted by Crippen LogP contribution is 2.45. The van der Waals surface area contributed by atoms with Crippen LogP contribution in [0.4, 0.5) is 5.69 Å². The van der Waals surface area contributed by atoms with Crippen molar-refractivity contribution in [2.75, 3.05) is 0 Å². The summed E-state index contributed by atoms with van der Waals surface area (Å²) in [5, 5.41) is 3.99. The normalized spacial score (nSPS) is 11.6. The average Bonchev–Trinajstić information content (AvgIpc) is 3.16. The Balaban J connectivity index is 1.53. The van der Waals surface area contributed by atoms with Crippen molar-refractivity contribution in [3.05, 3.63) is 199 Å². The fourth-order valence-corrected chi connectivity index (χ4v) is 9.41. The number of hydrogen-bond acceptors (Lipinski definition) is 2. The fraction of sp³-hybridized carbons (Fsp3) is 0.250. The number of nitrogens with zero attached hydrogens (tertiary/aromatic N) is 1. The lowest BCUT2D eigenvalue weighted by atomic mass is 9.79. The maximum Gasteiger partial charge on any atom is 0.115 e. The lowest BCUT2D eigenvalue weighted by Gasteiger charge is -2.26. The summed E-state index contributed by atoms with van der Waals surface area (Å²) in [6.45, 7) is 24.4. The quantitative estimate of drug-likeness (QED) is 0.135. The maximum atomic E-state index is 13.6. The Kier molecular flexibility index (Phi) is 11.3. The second-order valence-electron chi connectivity index (χ2n) is 17.6. The number of benzene rings is 7. The van der Waals surface area contributed by atoms with E-state index >= 15 is 0 Å². The number of nitroso groups, excluding NO2 is 1. The molecule has 0 radical (unpaired) electrons. The first kappa shape index (κ1) is 40.3. The van der Waals surface area contributed by atoms with E-state index in [4.69, 9.17) is 0 Å². The Morgan fingerprint density at radius 1 is 0.397 bits per heavy atom. The van der Waals surface area contributed by atoms with Gasteiger partial charge < -0.3 is 0 Å². The molecular weight excluding hydrogens is 703 g/mol. The van der Waals surface area contributed by atoms with Crippen LogP contribution in [0.2, 0.25) is 0 Å². The molecule has 58 heavy (non-hydrogen) atoms. The summed E-state index contributed by atoms with van der Waals surface area (Å²) in [7, 11) is 0. The zero-order valence-electron chi connectivity index (χ0n) is 36.3. The molecule has 0 aromatic heterocycles. The van der Waals surface area contributed by atoms with Crippen molar-refractivity contribution in [2.45, 2.75) is 94.4 Å². The van der Waals surface area contributed by atoms with Crippen LogP contribution in [-0.4, -0.2) is 0 Å². The Bertz CT molecular complexity index is 2310. The van der Waals surface area contributed by atoms with Gasteiger partial charge >= 0.3 is 0 Å². The molecule has 0 heterocycles. The molecule has 7 aromatic carbocycles. The molecule has 0 amide bonds. The average molecular weight is 760 g/mol. The molecule has 0 N–H and O–H groups in total. The topological polar surface area (TPSA) is 29.4 Å². The second-order valence-corrected chi connectivity index (χ2v) is 17.6. The fourth-order valence-electron chi connectivity index (χ4n) is 9.41. The van der Waals surface area contributed by atoms with Crippen LogP contribution in [0.3, 0.4) is 0 Å². The standard InChI is InChI=1S/C56H57NO/c1-34-18-12-19-35(2)51(34)45-26-16-27-46(52-36(3)20-13-21-37(52)4)49(45)32-42-30-44(56(9,10)11)31-43(55(42)57-58)33-50-47(53-38(5)22-14-23-39(53)6)28-17-29-48(50)54-40(7)24-15-25-41(54)8/h12-31H,32-33H2,1-11H3. The molecule has 0 fully saturated rings. The van der Waals surface area contributed by atoms with E-state index in [1.165, 1.54) is 106 Å². The molecule has 0 aliphatic carbocycles. The summed E-state index contributed by atoms with van der Waals surface area (Å²) >= 11 is 0. The summed E-state index contributed by atoms with van der Waals surface area (Å²) in [6, 6.07) is 44.2. The van der Waals surface area contributed by atoms with Gasteiger partial charge in [0.15, 0.2) is 0 Å². The molecular formula is C56H57NO. The third-order valence-corrected chi connectivity index (χ3v) is 12.3. The molecule has 0 unspecified atom stereocenters. The van der Waals surface area contributed by atoms with Gasteiger partial charge in [-0.3, -0.25) is 0 Å². The van der Waals surface area contributed by atoms with Crippen molar-refractivity contribution in [3.63, 3.8) is 0 Å². The monoisotopic (exact) mass is 759 g/mol. The first-order valence-corrected chi connectivity index (χ1v) is 20.7. The molecule has 0 aliphatic heterocycles. The number of aryl methyl sites for hydroxylation is 8. The minimum Gasteiger partial charge on any atom is -0.145 e. The lowest BCUT2D eigenvalue weighted by Crippen LogP contribution is -2.13. The summed E-state index contributed by atoms with van der Waals surface area (Å²) in [4.78, 5) is 13.6. The van der Waals surface area contributed by atoms with Crippen molar-refractivity contribution < 1.29 is 0 Å². The van der Waals surface area contributed by atoms with Gasteiger partial charge in [0.25, 0.3) is 0 Å². The van der Waals surface area contributed by atoms with Crippen molar-refractivity contribution >= 4 is 5.69 Å². The van der Waals surface area contributed by atoms with Gasteiger partial charge in [-0.15, -0.1) is 4.91 Å². The van der Waals surface area contributed by atoms with Gasteiger partial charge in [0.1, 0.15) is 5.69 Å². The second kappa shape index (κ2) is 16.2. The van der Waals surface area contributed by atoms with Crippen LogP contribution in [0.15, 0.2) is 127 Å². The predicted molar refractivity (Wildman–Crippen MR) is 249 cm³/mol. The molecule has 7 rings (SSSR count). The van der Waals surface area contributed by atoms with E-state index in [2.05, 4.69) is 203 Å². The molecule has 0 aliphatic rings. The van der Waals surface area contributed by atoms with E-state index in [9.17, 15) is 4.91 Å². The first-order chi connectivity index (χ1) is 27.7. The minimum atomic E-state index is -0.173. The molecule has 0 atom stereocenters. The van der Waals surface area contributed by atoms with Gasteiger partial charge in [0.2, 0.25) is 0 Å². The van der Waals surface area contributed by atoms with E-state index in [0.717, 1.165) is 11.1 Å². The smallest absolute Gasteiger partial charge is 0.115 e. The first-order valence-electron chi connectivity index (χ1n) is 20.7. The van der Waals surface area contributed by atoms with Crippen LogP contribution >= 0.6 is 0 Å². The van der Waals surface area contributed by atoms with Crippen molar-refractivity contribution in [3.8, 4) is 44.5 Å². The minimum absolute atomic E-state index is 0.173. The Labute approximate surface area is 347 Å². The van der Waals surface area contributed by atoms with Crippen LogP contribution in [0, 0.1) is 60.3 Å². The highest BCUT2D eigenvalue weighted by Gasteiger charge is 2.26. The number of rotatable bonds is 9. The number of hydrogen-bond donors (Lipinski definition) is 0. The zero-order valence-corrected chi connectivity index (χ0v) is 36.3. The Hall–Kier alpha value is -5.86. The Morgan fingerprint density at radius 3 is 0.862 bits per heavy atom. The Morgan fingerprint density at radius 2 is 0.638 bits per heavy atom. The molecule has 0 saturated heterocycles. The summed E-state index contributed by atoms with van der Waals surface area (Å²) in [5.74, 6) is 0. The molecule has 0 bridgehead atoms. The molecule has 0 saturated carbocycles. The molecule has 2 nitrogen and oxygen atoms in total. The van der Waals surface area contributed by atoms with Gasteiger partial charge in [-0.2, -0.15) is 0 Å². The molecule has 292 valence electrons. The van der Waals surface area contributed by atoms with Crippen LogP contribution in [0.1, 0.15) is 93.1 Å². The highest BCUT2D eigenvalue weighted by molar-refractivity contribution is 5.86. The van der Waals surface area contributed by atoms with E-state index < -0.39 is 0 Å². The summed E-state index contributed by atoms with van der Waals surface area (Å²) < 4.78 is 0. The van der Waals surface area contributed by atoms with E-state index in [1.54, 1.807) is 0 Å². The summed E-state index contributed by atoms with van der Waals surface area (Å²) in [6.07, 6.45) is 1.13. The largest absolute Gasteiger partial charge is 0.145 e. The van der Waals surface area contributed by atoms with Crippen LogP contribution in [0.25, 0.3) is 44.5 Å². The van der Waals surface area contributed by atoms with Crippen LogP contribution < -0.4 is 0 Å². The lowest BCUT2D eigenvalue weighted by molar-refractivity contribution is 0.588. The van der Waals surface area contributed by atoms with Gasteiger partial charge in [-0.25, -0.2) is 0 Å². The van der Waals surface area contributed by atoms with Gasteiger partial charge in [-0.1, -0.05) is 142 Å². The third-order valence-electron chi connectivity index (χ3n) is 12.3. The highest BCUT2D eigenvalue weighted by atomic mass is 16.3. The summed E-state index contributed by atoms with van der Waals surface area (Å²) in [5.41, 5.74) is 25.6. The van der Waals surface area contributed by atoms with Gasteiger partial charge in [-0.05, 0) is 183 Å². The van der Waals surface area contributed by atoms with Gasteiger partial charge in [0.05, 0.1) is 0 Å². The van der Waals surface area contributed by atoms with Crippen molar-refractivity contribution in [2.24, 2.45) is 5.18 Å². The van der Waals surface area contributed by atoms with E-state index in [0.29, 0.717) is 18.5 Å². The van der Waals surface area contributed by atoms with E-state index in [-0.39, 0.29) is 5.41 Å². The molecule has 7 aromatic rings. The van der Waals surface area contributed by atoms with Crippen LogP contribution in [-0.2, 0) is 18.3 Å². The molecule has 0 spiro atoms. The maximum absolute atomic E-state index is 13.6. The predicted octanol–water partition coefficient (Wildman–Crippen LogP) is 15.7. The third kappa shape index (κ3) is 7.61. The molecule has 2 heteroatoms. The zero-order chi connectivity index (χ0) is 41.5.